The van der Waals surface area contributed by atoms with Gasteiger partial charge in [0.05, 0.1) is 4.90 Å². The molecule has 1 fully saturated rings. The summed E-state index contributed by atoms with van der Waals surface area (Å²) < 4.78 is 27.9. The summed E-state index contributed by atoms with van der Waals surface area (Å²) in [7, 11) is -3.77. The van der Waals surface area contributed by atoms with Gasteiger partial charge in [0.2, 0.25) is 21.8 Å². The van der Waals surface area contributed by atoms with Gasteiger partial charge in [-0.1, -0.05) is 17.7 Å². The zero-order valence-electron chi connectivity index (χ0n) is 17.1. The Kier molecular flexibility index (Phi) is 6.05. The van der Waals surface area contributed by atoms with E-state index in [1.165, 1.54) is 6.07 Å². The van der Waals surface area contributed by atoms with Gasteiger partial charge in [-0.05, 0) is 68.1 Å². The van der Waals surface area contributed by atoms with Crippen LogP contribution < -0.4 is 14.9 Å². The quantitative estimate of drug-likeness (QED) is 0.661. The van der Waals surface area contributed by atoms with Crippen molar-refractivity contribution in [2.24, 2.45) is 5.92 Å². The fraction of sp³-hybridized carbons (Fsp3) is 0.364. The number of rotatable bonds is 7. The first-order valence-electron chi connectivity index (χ1n) is 10.3. The topological polar surface area (TPSA) is 95.6 Å². The van der Waals surface area contributed by atoms with E-state index in [2.05, 4.69) is 10.0 Å². The molecular formula is C22H24ClN3O4S. The Hall–Kier alpha value is -2.42. The summed E-state index contributed by atoms with van der Waals surface area (Å²) in [4.78, 5) is 26.6. The average Bonchev–Trinajstić information content (AvgIpc) is 3.49. The molecule has 1 aliphatic heterocycles. The molecule has 164 valence electrons. The predicted octanol–water partition coefficient (Wildman–Crippen LogP) is 3.33. The minimum atomic E-state index is -3.77. The zero-order chi connectivity index (χ0) is 22.2. The fourth-order valence-corrected chi connectivity index (χ4v) is 5.08. The number of halogens is 1. The van der Waals surface area contributed by atoms with Gasteiger partial charge in [-0.15, -0.1) is 0 Å². The van der Waals surface area contributed by atoms with Gasteiger partial charge in [0, 0.05) is 41.3 Å². The van der Waals surface area contributed by atoms with E-state index in [0.717, 1.165) is 24.1 Å². The van der Waals surface area contributed by atoms with Gasteiger partial charge in [0.1, 0.15) is 0 Å². The largest absolute Gasteiger partial charge is 0.326 e. The SMILES string of the molecule is C[C@@H]1Cc2cc(S(=O)(=O)NCCC(=O)Nc3cccc(Cl)c3)ccc2N1C(=O)C1CC1. The molecule has 9 heteroatoms. The number of anilines is 2. The first-order valence-corrected chi connectivity index (χ1v) is 12.1. The van der Waals surface area contributed by atoms with Crippen LogP contribution in [0.15, 0.2) is 47.4 Å². The van der Waals surface area contributed by atoms with Crippen LogP contribution in [0.25, 0.3) is 0 Å². The van der Waals surface area contributed by atoms with E-state index in [9.17, 15) is 18.0 Å². The Labute approximate surface area is 186 Å². The number of hydrogen-bond donors (Lipinski definition) is 2. The van der Waals surface area contributed by atoms with Gasteiger partial charge < -0.3 is 10.2 Å². The summed E-state index contributed by atoms with van der Waals surface area (Å²) in [5.74, 6) is -0.0794. The number of hydrogen-bond acceptors (Lipinski definition) is 4. The van der Waals surface area contributed by atoms with Crippen molar-refractivity contribution in [3.63, 3.8) is 0 Å². The summed E-state index contributed by atoms with van der Waals surface area (Å²) in [6.07, 6.45) is 2.47. The third-order valence-corrected chi connectivity index (χ3v) is 7.19. The van der Waals surface area contributed by atoms with Crippen molar-refractivity contribution >= 4 is 44.8 Å². The maximum Gasteiger partial charge on any atom is 0.240 e. The lowest BCUT2D eigenvalue weighted by atomic mass is 10.1. The Bertz CT molecular complexity index is 1130. The highest BCUT2D eigenvalue weighted by Gasteiger charge is 2.39. The maximum atomic E-state index is 12.7. The molecule has 2 aromatic rings. The highest BCUT2D eigenvalue weighted by Crippen LogP contribution is 2.39. The molecule has 1 saturated carbocycles. The lowest BCUT2D eigenvalue weighted by Crippen LogP contribution is -2.36. The second-order valence-electron chi connectivity index (χ2n) is 8.03. The number of benzene rings is 2. The molecule has 0 bridgehead atoms. The van der Waals surface area contributed by atoms with E-state index >= 15 is 0 Å². The fourth-order valence-electron chi connectivity index (χ4n) is 3.81. The van der Waals surface area contributed by atoms with Crippen molar-refractivity contribution in [1.82, 2.24) is 4.72 Å². The first-order chi connectivity index (χ1) is 14.7. The predicted molar refractivity (Wildman–Crippen MR) is 120 cm³/mol. The third-order valence-electron chi connectivity index (χ3n) is 5.49. The number of nitrogens with one attached hydrogen (secondary N) is 2. The molecule has 0 saturated heterocycles. The van der Waals surface area contributed by atoms with Crippen LogP contribution in [-0.2, 0) is 26.0 Å². The molecule has 7 nitrogen and oxygen atoms in total. The van der Waals surface area contributed by atoms with Crippen LogP contribution >= 0.6 is 11.6 Å². The second-order valence-corrected chi connectivity index (χ2v) is 10.2. The van der Waals surface area contributed by atoms with Gasteiger partial charge in [0.15, 0.2) is 0 Å². The molecule has 2 aliphatic rings. The van der Waals surface area contributed by atoms with Crippen LogP contribution in [0.5, 0.6) is 0 Å². The summed E-state index contributed by atoms with van der Waals surface area (Å²) >= 11 is 5.89. The van der Waals surface area contributed by atoms with Crippen LogP contribution in [0.1, 0.15) is 31.7 Å². The number of carbonyl (C=O) groups is 2. The van der Waals surface area contributed by atoms with Crippen LogP contribution in [0, 0.1) is 5.92 Å². The Balaban J connectivity index is 1.37. The summed E-state index contributed by atoms with van der Waals surface area (Å²) in [5.41, 5.74) is 2.20. The molecule has 31 heavy (non-hydrogen) atoms. The van der Waals surface area contributed by atoms with Gasteiger partial charge in [-0.3, -0.25) is 9.59 Å². The lowest BCUT2D eigenvalue weighted by molar-refractivity contribution is -0.120. The Morgan fingerprint density at radius 1 is 1.16 bits per heavy atom. The van der Waals surface area contributed by atoms with E-state index in [1.54, 1.807) is 41.3 Å². The van der Waals surface area contributed by atoms with Gasteiger partial charge in [-0.2, -0.15) is 0 Å². The smallest absolute Gasteiger partial charge is 0.240 e. The number of nitrogens with zero attached hydrogens (tertiary/aromatic N) is 1. The normalized spacial score (nSPS) is 18.0. The number of fused-ring (bicyclic) bond motifs is 1. The molecule has 1 atom stereocenters. The molecule has 1 aliphatic carbocycles. The number of amides is 2. The van der Waals surface area contributed by atoms with Gasteiger partial charge >= 0.3 is 0 Å². The lowest BCUT2D eigenvalue weighted by Gasteiger charge is -2.22. The van der Waals surface area contributed by atoms with Crippen molar-refractivity contribution in [1.29, 1.82) is 0 Å². The minimum Gasteiger partial charge on any atom is -0.326 e. The van der Waals surface area contributed by atoms with Crippen molar-refractivity contribution in [3.8, 4) is 0 Å². The van der Waals surface area contributed by atoms with Gasteiger partial charge in [0.25, 0.3) is 0 Å². The maximum absolute atomic E-state index is 12.7. The van der Waals surface area contributed by atoms with E-state index in [-0.39, 0.29) is 41.6 Å². The third kappa shape index (κ3) is 4.92. The number of carbonyl (C=O) groups excluding carboxylic acids is 2. The highest BCUT2D eigenvalue weighted by molar-refractivity contribution is 7.89. The Morgan fingerprint density at radius 3 is 2.65 bits per heavy atom. The molecule has 4 rings (SSSR count). The summed E-state index contributed by atoms with van der Waals surface area (Å²) in [6.45, 7) is 1.94. The first kappa shape index (κ1) is 21.8. The average molecular weight is 462 g/mol. The van der Waals surface area contributed by atoms with Gasteiger partial charge in [-0.25, -0.2) is 13.1 Å². The number of sulfonamides is 1. The summed E-state index contributed by atoms with van der Waals surface area (Å²) in [6, 6.07) is 11.6. The molecule has 2 aromatic carbocycles. The van der Waals surface area contributed by atoms with Crippen molar-refractivity contribution in [2.75, 3.05) is 16.8 Å². The molecule has 1 heterocycles. The molecule has 2 N–H and O–H groups in total. The van der Waals surface area contributed by atoms with Crippen molar-refractivity contribution < 1.29 is 18.0 Å². The Morgan fingerprint density at radius 2 is 1.94 bits per heavy atom. The van der Waals surface area contributed by atoms with E-state index in [4.69, 9.17) is 11.6 Å². The zero-order valence-corrected chi connectivity index (χ0v) is 18.7. The minimum absolute atomic E-state index is 0.0165. The standard InChI is InChI=1S/C22H24ClN3O4S/c1-14-11-16-12-19(7-8-20(16)26(14)22(28)15-5-6-15)31(29,30)24-10-9-21(27)25-18-4-2-3-17(23)13-18/h2-4,7-8,12-15,24H,5-6,9-11H2,1H3,(H,25,27)/t14-/m1/s1. The molecule has 0 aromatic heterocycles. The van der Waals surface area contributed by atoms with Crippen molar-refractivity contribution in [3.05, 3.63) is 53.1 Å². The van der Waals surface area contributed by atoms with Crippen LogP contribution in [0.4, 0.5) is 11.4 Å². The van der Waals surface area contributed by atoms with Crippen molar-refractivity contribution in [2.45, 2.75) is 43.5 Å². The molecule has 0 unspecified atom stereocenters. The highest BCUT2D eigenvalue weighted by atomic mass is 35.5. The van der Waals surface area contributed by atoms with Crippen LogP contribution in [-0.4, -0.2) is 32.8 Å². The van der Waals surface area contributed by atoms with Crippen LogP contribution in [0.2, 0.25) is 5.02 Å². The van der Waals surface area contributed by atoms with E-state index in [0.29, 0.717) is 17.1 Å². The molecule has 0 spiro atoms. The molecule has 0 radical (unpaired) electrons. The summed E-state index contributed by atoms with van der Waals surface area (Å²) in [5, 5.41) is 3.18. The van der Waals surface area contributed by atoms with E-state index < -0.39 is 10.0 Å². The monoisotopic (exact) mass is 461 g/mol. The van der Waals surface area contributed by atoms with Crippen LogP contribution in [0.3, 0.4) is 0 Å². The molecular weight excluding hydrogens is 438 g/mol. The van der Waals surface area contributed by atoms with E-state index in [1.807, 2.05) is 6.92 Å². The molecule has 2 amide bonds. The second kappa shape index (κ2) is 8.61.